The molecule has 1 aromatic heterocycles. The molecule has 0 bridgehead atoms. The Labute approximate surface area is 108 Å². The lowest BCUT2D eigenvalue weighted by molar-refractivity contribution is 0.428. The van der Waals surface area contributed by atoms with Crippen LogP contribution in [-0.2, 0) is 0 Å². The molecule has 1 unspecified atom stereocenters. The molecule has 2 nitrogen and oxygen atoms in total. The molecule has 0 fully saturated rings. The summed E-state index contributed by atoms with van der Waals surface area (Å²) in [6.07, 6.45) is 0.938. The largest absolute Gasteiger partial charge is 0.458 e. The quantitative estimate of drug-likeness (QED) is 0.905. The minimum absolute atomic E-state index is 0.183. The van der Waals surface area contributed by atoms with Crippen molar-refractivity contribution < 1.29 is 8.81 Å². The van der Waals surface area contributed by atoms with E-state index in [2.05, 4.69) is 35.1 Å². The zero-order valence-electron chi connectivity index (χ0n) is 9.89. The first-order valence-corrected chi connectivity index (χ1v) is 6.56. The van der Waals surface area contributed by atoms with E-state index in [4.69, 9.17) is 4.42 Å². The Morgan fingerprint density at radius 2 is 2.12 bits per heavy atom. The van der Waals surface area contributed by atoms with Crippen LogP contribution in [0.2, 0.25) is 0 Å². The predicted octanol–water partition coefficient (Wildman–Crippen LogP) is 4.40. The molecular weight excluding hydrogens is 285 g/mol. The van der Waals surface area contributed by atoms with Gasteiger partial charge in [-0.3, -0.25) is 0 Å². The van der Waals surface area contributed by atoms with Crippen molar-refractivity contribution in [1.29, 1.82) is 0 Å². The van der Waals surface area contributed by atoms with E-state index in [-0.39, 0.29) is 11.9 Å². The van der Waals surface area contributed by atoms with Crippen LogP contribution in [0, 0.1) is 5.82 Å². The highest BCUT2D eigenvalue weighted by atomic mass is 79.9. The van der Waals surface area contributed by atoms with Crippen molar-refractivity contribution in [3.8, 4) is 0 Å². The van der Waals surface area contributed by atoms with E-state index in [0.717, 1.165) is 24.1 Å². The third kappa shape index (κ3) is 2.53. The van der Waals surface area contributed by atoms with Crippen LogP contribution in [0.1, 0.15) is 32.1 Å². The number of benzene rings is 1. The summed E-state index contributed by atoms with van der Waals surface area (Å²) in [5.74, 6) is 0.601. The van der Waals surface area contributed by atoms with Gasteiger partial charge < -0.3 is 9.73 Å². The third-order valence-corrected chi connectivity index (χ3v) is 3.35. The molecule has 0 aliphatic rings. The van der Waals surface area contributed by atoms with Crippen LogP contribution in [0.15, 0.2) is 27.1 Å². The zero-order chi connectivity index (χ0) is 12.4. The summed E-state index contributed by atoms with van der Waals surface area (Å²) in [6, 6.07) is 5.00. The molecule has 1 heterocycles. The average molecular weight is 300 g/mol. The third-order valence-electron chi connectivity index (χ3n) is 2.76. The van der Waals surface area contributed by atoms with Crippen LogP contribution in [0.25, 0.3) is 11.0 Å². The molecule has 1 atom stereocenters. The normalized spacial score (nSPS) is 13.2. The maximum absolute atomic E-state index is 13.3. The summed E-state index contributed by atoms with van der Waals surface area (Å²) in [5, 5.41) is 4.14. The summed E-state index contributed by atoms with van der Waals surface area (Å²) >= 11 is 3.32. The SMILES string of the molecule is CCNC(CC)c1cc2cc(F)cc(Br)c2o1. The molecular formula is C13H15BrFNO. The second kappa shape index (κ2) is 5.19. The number of rotatable bonds is 4. The summed E-state index contributed by atoms with van der Waals surface area (Å²) in [5.41, 5.74) is 0.706. The Balaban J connectivity index is 2.46. The minimum atomic E-state index is -0.256. The van der Waals surface area contributed by atoms with Crippen molar-refractivity contribution >= 4 is 26.9 Å². The molecule has 92 valence electrons. The van der Waals surface area contributed by atoms with Crippen LogP contribution in [0.5, 0.6) is 0 Å². The second-order valence-corrected chi connectivity index (χ2v) is 4.83. The Morgan fingerprint density at radius 1 is 1.35 bits per heavy atom. The molecule has 2 rings (SSSR count). The molecule has 0 saturated carbocycles. The van der Waals surface area contributed by atoms with Gasteiger partial charge in [-0.05, 0) is 47.1 Å². The Hall–Kier alpha value is -0.870. The predicted molar refractivity (Wildman–Crippen MR) is 70.6 cm³/mol. The molecule has 2 aromatic rings. The first-order valence-electron chi connectivity index (χ1n) is 5.77. The van der Waals surface area contributed by atoms with Crippen LogP contribution < -0.4 is 5.32 Å². The number of fused-ring (bicyclic) bond motifs is 1. The van der Waals surface area contributed by atoms with E-state index in [9.17, 15) is 4.39 Å². The fraction of sp³-hybridized carbons (Fsp3) is 0.385. The van der Waals surface area contributed by atoms with Gasteiger partial charge in [-0.1, -0.05) is 13.8 Å². The van der Waals surface area contributed by atoms with E-state index in [0.29, 0.717) is 10.1 Å². The molecule has 0 amide bonds. The number of hydrogen-bond acceptors (Lipinski definition) is 2. The number of hydrogen-bond donors (Lipinski definition) is 1. The van der Waals surface area contributed by atoms with E-state index in [1.165, 1.54) is 12.1 Å². The smallest absolute Gasteiger partial charge is 0.148 e. The monoisotopic (exact) mass is 299 g/mol. The van der Waals surface area contributed by atoms with Crippen molar-refractivity contribution in [3.63, 3.8) is 0 Å². The molecule has 0 aliphatic heterocycles. The molecule has 1 aromatic carbocycles. The summed E-state index contributed by atoms with van der Waals surface area (Å²) < 4.78 is 19.7. The number of nitrogens with one attached hydrogen (secondary N) is 1. The van der Waals surface area contributed by atoms with Crippen LogP contribution in [0.3, 0.4) is 0 Å². The van der Waals surface area contributed by atoms with Gasteiger partial charge in [0.15, 0.2) is 0 Å². The van der Waals surface area contributed by atoms with Gasteiger partial charge >= 0.3 is 0 Å². The average Bonchev–Trinajstić information content (AvgIpc) is 2.69. The lowest BCUT2D eigenvalue weighted by atomic mass is 10.1. The zero-order valence-corrected chi connectivity index (χ0v) is 11.5. The van der Waals surface area contributed by atoms with Gasteiger partial charge in [0.2, 0.25) is 0 Å². The molecule has 17 heavy (non-hydrogen) atoms. The minimum Gasteiger partial charge on any atom is -0.458 e. The van der Waals surface area contributed by atoms with Crippen LogP contribution in [-0.4, -0.2) is 6.54 Å². The van der Waals surface area contributed by atoms with Gasteiger partial charge in [0.1, 0.15) is 17.2 Å². The highest BCUT2D eigenvalue weighted by Gasteiger charge is 2.15. The van der Waals surface area contributed by atoms with Gasteiger partial charge in [-0.25, -0.2) is 4.39 Å². The summed E-state index contributed by atoms with van der Waals surface area (Å²) in [7, 11) is 0. The fourth-order valence-corrected chi connectivity index (χ4v) is 2.49. The Kier molecular flexibility index (Phi) is 3.84. The van der Waals surface area contributed by atoms with Crippen molar-refractivity contribution in [3.05, 3.63) is 34.2 Å². The second-order valence-electron chi connectivity index (χ2n) is 3.97. The van der Waals surface area contributed by atoms with Crippen molar-refractivity contribution in [1.82, 2.24) is 5.32 Å². The van der Waals surface area contributed by atoms with Gasteiger partial charge in [0.25, 0.3) is 0 Å². The lowest BCUT2D eigenvalue weighted by Gasteiger charge is -2.12. The first-order chi connectivity index (χ1) is 8.15. The maximum Gasteiger partial charge on any atom is 0.148 e. The first kappa shape index (κ1) is 12.6. The molecule has 0 saturated heterocycles. The van der Waals surface area contributed by atoms with Crippen molar-refractivity contribution in [2.75, 3.05) is 6.54 Å². The van der Waals surface area contributed by atoms with E-state index < -0.39 is 0 Å². The van der Waals surface area contributed by atoms with Gasteiger partial charge in [-0.15, -0.1) is 0 Å². The lowest BCUT2D eigenvalue weighted by Crippen LogP contribution is -2.19. The maximum atomic E-state index is 13.3. The Morgan fingerprint density at radius 3 is 2.76 bits per heavy atom. The highest BCUT2D eigenvalue weighted by Crippen LogP contribution is 2.31. The number of halogens is 2. The fourth-order valence-electron chi connectivity index (χ4n) is 1.96. The number of furan rings is 1. The topological polar surface area (TPSA) is 25.2 Å². The molecule has 1 N–H and O–H groups in total. The van der Waals surface area contributed by atoms with Gasteiger partial charge in [0.05, 0.1) is 10.5 Å². The van der Waals surface area contributed by atoms with E-state index in [1.807, 2.05) is 6.07 Å². The van der Waals surface area contributed by atoms with Gasteiger partial charge in [-0.2, -0.15) is 0 Å². The Bertz CT molecular complexity index is 523. The molecule has 0 aliphatic carbocycles. The van der Waals surface area contributed by atoms with E-state index in [1.54, 1.807) is 0 Å². The van der Waals surface area contributed by atoms with Crippen LogP contribution >= 0.6 is 15.9 Å². The van der Waals surface area contributed by atoms with Gasteiger partial charge in [0, 0.05) is 5.39 Å². The molecule has 0 radical (unpaired) electrons. The van der Waals surface area contributed by atoms with Crippen LogP contribution in [0.4, 0.5) is 4.39 Å². The summed E-state index contributed by atoms with van der Waals surface area (Å²) in [6.45, 7) is 5.03. The highest BCUT2D eigenvalue weighted by molar-refractivity contribution is 9.10. The van der Waals surface area contributed by atoms with E-state index >= 15 is 0 Å². The standard InChI is InChI=1S/C13H15BrFNO/c1-3-11(16-4-2)12-6-8-5-9(15)7-10(14)13(8)17-12/h5-7,11,16H,3-4H2,1-2H3. The summed E-state index contributed by atoms with van der Waals surface area (Å²) in [4.78, 5) is 0. The van der Waals surface area contributed by atoms with Crippen molar-refractivity contribution in [2.45, 2.75) is 26.3 Å². The molecule has 0 spiro atoms. The molecule has 4 heteroatoms. The van der Waals surface area contributed by atoms with Crippen molar-refractivity contribution in [2.24, 2.45) is 0 Å².